The maximum Gasteiger partial charge on any atom is 0.573 e. The van der Waals surface area contributed by atoms with Crippen LogP contribution in [-0.2, 0) is 12.8 Å². The highest BCUT2D eigenvalue weighted by Crippen LogP contribution is 2.27. The molecule has 0 saturated carbocycles. The van der Waals surface area contributed by atoms with Gasteiger partial charge in [0.2, 0.25) is 0 Å². The van der Waals surface area contributed by atoms with Crippen LogP contribution in [0.25, 0.3) is 21.4 Å². The molecule has 0 aliphatic carbocycles. The van der Waals surface area contributed by atoms with Gasteiger partial charge in [0, 0.05) is 10.3 Å². The van der Waals surface area contributed by atoms with Crippen LogP contribution in [0.2, 0.25) is 0 Å². The monoisotopic (exact) mass is 375 g/mol. The van der Waals surface area contributed by atoms with Gasteiger partial charge in [-0.1, -0.05) is 29.4 Å². The number of benzene rings is 2. The number of nitrogens with zero attached hydrogens (tertiary/aromatic N) is 3. The molecule has 5 nitrogen and oxygen atoms in total. The fraction of sp³-hybridized carbons (Fsp3) is 0.263. The molecule has 0 radical (unpaired) electrons. The summed E-state index contributed by atoms with van der Waals surface area (Å²) in [7, 11) is 0. The summed E-state index contributed by atoms with van der Waals surface area (Å²) < 4.78 is 46.2. The zero-order valence-corrected chi connectivity index (χ0v) is 14.4. The molecule has 8 heteroatoms. The SMILES string of the molecule is CC(N=[N+]=[N-])c1cc2ccc(CCc3ccc(OC(F)(F)F)cc3)cc2o1. The molecule has 1 aromatic heterocycles. The average molecular weight is 375 g/mol. The molecule has 1 atom stereocenters. The van der Waals surface area contributed by atoms with Crippen LogP contribution in [0.15, 0.2) is 58.1 Å². The first kappa shape index (κ1) is 18.7. The number of halogens is 3. The van der Waals surface area contributed by atoms with Crippen molar-refractivity contribution >= 4 is 11.0 Å². The van der Waals surface area contributed by atoms with Crippen molar-refractivity contribution < 1.29 is 22.3 Å². The van der Waals surface area contributed by atoms with Crippen LogP contribution in [0, 0.1) is 0 Å². The van der Waals surface area contributed by atoms with Gasteiger partial charge in [-0.25, -0.2) is 0 Å². The van der Waals surface area contributed by atoms with Crippen molar-refractivity contribution in [3.63, 3.8) is 0 Å². The Balaban J connectivity index is 1.67. The molecule has 0 saturated heterocycles. The minimum Gasteiger partial charge on any atom is -0.461 e. The van der Waals surface area contributed by atoms with Crippen molar-refractivity contribution in [3.05, 3.63) is 75.9 Å². The van der Waals surface area contributed by atoms with Gasteiger partial charge in [-0.05, 0) is 60.7 Å². The zero-order chi connectivity index (χ0) is 19.4. The molecule has 0 spiro atoms. The number of azide groups is 1. The molecule has 0 fully saturated rings. The Labute approximate surface area is 153 Å². The third-order valence-corrected chi connectivity index (χ3v) is 4.10. The minimum atomic E-state index is -4.69. The number of fused-ring (bicyclic) bond motifs is 1. The highest BCUT2D eigenvalue weighted by atomic mass is 19.4. The molecule has 0 aliphatic heterocycles. The molecule has 2 aromatic carbocycles. The van der Waals surface area contributed by atoms with Gasteiger partial charge in [0.15, 0.2) is 0 Å². The third kappa shape index (κ3) is 4.95. The lowest BCUT2D eigenvalue weighted by molar-refractivity contribution is -0.274. The molecular weight excluding hydrogens is 359 g/mol. The fourth-order valence-corrected chi connectivity index (χ4v) is 2.74. The second-order valence-electron chi connectivity index (χ2n) is 6.09. The molecule has 3 aromatic rings. The first-order chi connectivity index (χ1) is 12.8. The predicted octanol–water partition coefficient (Wildman–Crippen LogP) is 6.49. The first-order valence-electron chi connectivity index (χ1n) is 8.25. The second kappa shape index (κ2) is 7.63. The number of rotatable bonds is 6. The van der Waals surface area contributed by atoms with Gasteiger partial charge in [-0.2, -0.15) is 0 Å². The summed E-state index contributed by atoms with van der Waals surface area (Å²) in [6, 6.07) is 13.1. The van der Waals surface area contributed by atoms with Crippen molar-refractivity contribution in [2.24, 2.45) is 5.11 Å². The van der Waals surface area contributed by atoms with E-state index in [-0.39, 0.29) is 11.8 Å². The van der Waals surface area contributed by atoms with Crippen molar-refractivity contribution in [2.45, 2.75) is 32.2 Å². The molecule has 27 heavy (non-hydrogen) atoms. The zero-order valence-electron chi connectivity index (χ0n) is 14.4. The molecule has 0 amide bonds. The average Bonchev–Trinajstić information content (AvgIpc) is 3.03. The van der Waals surface area contributed by atoms with E-state index in [0.717, 1.165) is 16.5 Å². The van der Waals surface area contributed by atoms with Crippen LogP contribution in [0.3, 0.4) is 0 Å². The fourth-order valence-electron chi connectivity index (χ4n) is 2.74. The number of hydrogen-bond acceptors (Lipinski definition) is 3. The highest BCUT2D eigenvalue weighted by molar-refractivity contribution is 5.78. The Hall–Kier alpha value is -3.12. The molecule has 1 heterocycles. The Morgan fingerprint density at radius 3 is 2.41 bits per heavy atom. The summed E-state index contributed by atoms with van der Waals surface area (Å²) >= 11 is 0. The lowest BCUT2D eigenvalue weighted by Gasteiger charge is -2.09. The standard InChI is InChI=1S/C19H16F3N3O2/c1-12(24-25-23)17-11-15-7-4-14(10-18(15)26-17)3-2-13-5-8-16(9-6-13)27-19(20,21)22/h4-12H,2-3H2,1H3. The van der Waals surface area contributed by atoms with Crippen LogP contribution in [0.1, 0.15) is 29.9 Å². The lowest BCUT2D eigenvalue weighted by Crippen LogP contribution is -2.17. The van der Waals surface area contributed by atoms with Gasteiger partial charge in [-0.15, -0.1) is 13.2 Å². The van der Waals surface area contributed by atoms with E-state index in [2.05, 4.69) is 14.8 Å². The normalized spacial score (nSPS) is 12.6. The third-order valence-electron chi connectivity index (χ3n) is 4.10. The summed E-state index contributed by atoms with van der Waals surface area (Å²) in [5, 5.41) is 4.54. The largest absolute Gasteiger partial charge is 0.573 e. The van der Waals surface area contributed by atoms with E-state index in [0.29, 0.717) is 24.2 Å². The van der Waals surface area contributed by atoms with E-state index in [1.165, 1.54) is 12.1 Å². The maximum absolute atomic E-state index is 12.2. The van der Waals surface area contributed by atoms with Gasteiger partial charge >= 0.3 is 6.36 Å². The Bertz CT molecular complexity index is 974. The Morgan fingerprint density at radius 1 is 1.07 bits per heavy atom. The van der Waals surface area contributed by atoms with Crippen molar-refractivity contribution in [1.82, 2.24) is 0 Å². The van der Waals surface area contributed by atoms with Gasteiger partial charge in [0.25, 0.3) is 0 Å². The quantitative estimate of drug-likeness (QED) is 0.281. The van der Waals surface area contributed by atoms with E-state index in [1.807, 2.05) is 24.3 Å². The van der Waals surface area contributed by atoms with Crippen molar-refractivity contribution in [2.75, 3.05) is 0 Å². The number of alkyl halides is 3. The predicted molar refractivity (Wildman–Crippen MR) is 94.3 cm³/mol. The molecule has 1 unspecified atom stereocenters. The number of furan rings is 1. The summed E-state index contributed by atoms with van der Waals surface area (Å²) in [5.41, 5.74) is 11.2. The maximum atomic E-state index is 12.2. The number of hydrogen-bond donors (Lipinski definition) is 0. The summed E-state index contributed by atoms with van der Waals surface area (Å²) in [6.45, 7) is 1.75. The topological polar surface area (TPSA) is 71.1 Å². The van der Waals surface area contributed by atoms with E-state index in [1.54, 1.807) is 19.1 Å². The lowest BCUT2D eigenvalue weighted by atomic mass is 10.0. The van der Waals surface area contributed by atoms with Crippen LogP contribution < -0.4 is 4.74 Å². The molecule has 0 aliphatic rings. The molecular formula is C19H16F3N3O2. The van der Waals surface area contributed by atoms with Crippen molar-refractivity contribution in [1.29, 1.82) is 0 Å². The van der Waals surface area contributed by atoms with Gasteiger partial charge < -0.3 is 9.15 Å². The van der Waals surface area contributed by atoms with E-state index < -0.39 is 6.36 Å². The summed E-state index contributed by atoms with van der Waals surface area (Å²) in [4.78, 5) is 2.78. The Kier molecular flexibility index (Phi) is 5.28. The van der Waals surface area contributed by atoms with Crippen LogP contribution in [0.5, 0.6) is 5.75 Å². The first-order valence-corrected chi connectivity index (χ1v) is 8.25. The molecule has 0 bridgehead atoms. The minimum absolute atomic E-state index is 0.232. The second-order valence-corrected chi connectivity index (χ2v) is 6.09. The summed E-state index contributed by atoms with van der Waals surface area (Å²) in [6.07, 6.45) is -3.31. The van der Waals surface area contributed by atoms with Gasteiger partial charge in [-0.3, -0.25) is 0 Å². The van der Waals surface area contributed by atoms with E-state index in [9.17, 15) is 13.2 Å². The van der Waals surface area contributed by atoms with Crippen LogP contribution in [0.4, 0.5) is 13.2 Å². The van der Waals surface area contributed by atoms with Crippen LogP contribution >= 0.6 is 0 Å². The summed E-state index contributed by atoms with van der Waals surface area (Å²) in [5.74, 6) is 0.366. The van der Waals surface area contributed by atoms with E-state index >= 15 is 0 Å². The highest BCUT2D eigenvalue weighted by Gasteiger charge is 2.30. The molecule has 0 N–H and O–H groups in total. The molecule has 3 rings (SSSR count). The Morgan fingerprint density at radius 2 is 1.74 bits per heavy atom. The van der Waals surface area contributed by atoms with Gasteiger partial charge in [0.1, 0.15) is 17.1 Å². The van der Waals surface area contributed by atoms with Crippen LogP contribution in [-0.4, -0.2) is 6.36 Å². The van der Waals surface area contributed by atoms with E-state index in [4.69, 9.17) is 9.95 Å². The smallest absolute Gasteiger partial charge is 0.461 e. The number of ether oxygens (including phenoxy) is 1. The number of aryl methyl sites for hydroxylation is 2. The van der Waals surface area contributed by atoms with Crippen molar-refractivity contribution in [3.8, 4) is 5.75 Å². The van der Waals surface area contributed by atoms with Gasteiger partial charge in [0.05, 0.1) is 6.04 Å². The molecule has 140 valence electrons.